The number of piperidine rings is 2. The predicted molar refractivity (Wildman–Crippen MR) is 134 cm³/mol. The number of pyridine rings is 3. The summed E-state index contributed by atoms with van der Waals surface area (Å²) >= 11 is 0. The lowest BCUT2D eigenvalue weighted by Gasteiger charge is -2.54. The van der Waals surface area contributed by atoms with Crippen molar-refractivity contribution in [1.82, 2.24) is 19.6 Å². The zero-order chi connectivity index (χ0) is 24.8. The fourth-order valence-corrected chi connectivity index (χ4v) is 5.49. The van der Waals surface area contributed by atoms with Gasteiger partial charge >= 0.3 is 0 Å². The SMILES string of the molecule is CCOc1cc(-c2ccc(N3C[C@H]4C[C@@H](C3)[C@H]4Nc3nc(C)ccc3F)nc2)c2c(C#N)cnn2c1. The Kier molecular flexibility index (Phi) is 5.44. The molecule has 0 aromatic carbocycles. The molecule has 7 rings (SSSR count). The second-order valence-electron chi connectivity index (χ2n) is 9.50. The molecule has 0 spiro atoms. The number of ether oxygens (including phenoxy) is 1. The highest BCUT2D eigenvalue weighted by molar-refractivity contribution is 5.85. The first-order chi connectivity index (χ1) is 17.5. The van der Waals surface area contributed by atoms with Gasteiger partial charge in [-0.25, -0.2) is 18.9 Å². The number of nitrogens with one attached hydrogen (secondary N) is 1. The highest BCUT2D eigenvalue weighted by atomic mass is 19.1. The number of nitriles is 1. The van der Waals surface area contributed by atoms with Crippen LogP contribution in [0.2, 0.25) is 0 Å². The van der Waals surface area contributed by atoms with E-state index in [4.69, 9.17) is 9.72 Å². The zero-order valence-electron chi connectivity index (χ0n) is 20.1. The molecule has 8 nitrogen and oxygen atoms in total. The number of anilines is 2. The van der Waals surface area contributed by atoms with Crippen LogP contribution in [0.25, 0.3) is 16.6 Å². The molecule has 0 radical (unpaired) electrons. The summed E-state index contributed by atoms with van der Waals surface area (Å²) in [4.78, 5) is 11.4. The lowest BCUT2D eigenvalue weighted by atomic mass is 9.66. The van der Waals surface area contributed by atoms with Crippen molar-refractivity contribution in [2.24, 2.45) is 11.8 Å². The van der Waals surface area contributed by atoms with Crippen molar-refractivity contribution in [3.05, 3.63) is 66.0 Å². The lowest BCUT2D eigenvalue weighted by molar-refractivity contribution is 0.129. The van der Waals surface area contributed by atoms with Crippen molar-refractivity contribution in [3.63, 3.8) is 0 Å². The van der Waals surface area contributed by atoms with Gasteiger partial charge in [0.15, 0.2) is 11.6 Å². The standard InChI is InChI=1S/C27H26FN7O/c1-3-36-21-9-22(26-20(10-29)12-31-35(26)15-21)17-5-7-24(30-11-17)34-13-18-8-19(14-34)25(18)33-27-23(28)6-4-16(2)32-27/h4-7,9,11-12,15,18-19,25H,3,8,13-14H2,1-2H3,(H,32,33)/t18-,19+,25+. The van der Waals surface area contributed by atoms with Crippen molar-refractivity contribution < 1.29 is 9.13 Å². The summed E-state index contributed by atoms with van der Waals surface area (Å²) in [6.45, 7) is 6.06. The molecular weight excluding hydrogens is 457 g/mol. The molecule has 6 heterocycles. The molecule has 2 saturated heterocycles. The molecule has 4 aromatic rings. The number of rotatable bonds is 6. The Hall–Kier alpha value is -4.19. The Morgan fingerprint density at radius 1 is 1.19 bits per heavy atom. The number of aryl methyl sites for hydroxylation is 1. The van der Waals surface area contributed by atoms with Gasteiger partial charge in [0, 0.05) is 42.1 Å². The number of nitrogens with zero attached hydrogens (tertiary/aromatic N) is 6. The maximum Gasteiger partial charge on any atom is 0.165 e. The molecule has 9 heteroatoms. The smallest absolute Gasteiger partial charge is 0.165 e. The quantitative estimate of drug-likeness (QED) is 0.433. The fourth-order valence-electron chi connectivity index (χ4n) is 5.49. The van der Waals surface area contributed by atoms with Gasteiger partial charge in [-0.05, 0) is 62.4 Å². The van der Waals surface area contributed by atoms with Crippen LogP contribution in [-0.2, 0) is 0 Å². The highest BCUT2D eigenvalue weighted by Gasteiger charge is 2.47. The van der Waals surface area contributed by atoms with Crippen molar-refractivity contribution >= 4 is 17.2 Å². The van der Waals surface area contributed by atoms with Crippen molar-refractivity contribution in [2.45, 2.75) is 26.3 Å². The van der Waals surface area contributed by atoms with Crippen LogP contribution in [0.5, 0.6) is 5.75 Å². The maximum atomic E-state index is 14.2. The third-order valence-corrected chi connectivity index (χ3v) is 7.22. The van der Waals surface area contributed by atoms with E-state index in [1.165, 1.54) is 6.07 Å². The van der Waals surface area contributed by atoms with Crippen LogP contribution in [0, 0.1) is 35.9 Å². The second-order valence-corrected chi connectivity index (χ2v) is 9.50. The molecule has 2 bridgehead atoms. The van der Waals surface area contributed by atoms with Gasteiger partial charge < -0.3 is 15.0 Å². The molecule has 182 valence electrons. The molecule has 3 atom stereocenters. The summed E-state index contributed by atoms with van der Waals surface area (Å²) < 4.78 is 21.6. The Labute approximate surface area is 208 Å². The van der Waals surface area contributed by atoms with E-state index >= 15 is 0 Å². The molecule has 3 fully saturated rings. The van der Waals surface area contributed by atoms with Gasteiger partial charge in [-0.15, -0.1) is 0 Å². The largest absolute Gasteiger partial charge is 0.492 e. The van der Waals surface area contributed by atoms with E-state index < -0.39 is 0 Å². The zero-order valence-corrected chi connectivity index (χ0v) is 20.1. The third-order valence-electron chi connectivity index (χ3n) is 7.22. The van der Waals surface area contributed by atoms with E-state index in [1.807, 2.05) is 38.2 Å². The topological polar surface area (TPSA) is 91.4 Å². The molecule has 1 aliphatic carbocycles. The first-order valence-corrected chi connectivity index (χ1v) is 12.2. The van der Waals surface area contributed by atoms with Gasteiger partial charge in [0.1, 0.15) is 17.6 Å². The van der Waals surface area contributed by atoms with E-state index in [-0.39, 0.29) is 11.9 Å². The first kappa shape index (κ1) is 22.3. The molecule has 3 aliphatic rings. The summed E-state index contributed by atoms with van der Waals surface area (Å²) in [5.74, 6) is 2.48. The van der Waals surface area contributed by atoms with Crippen molar-refractivity contribution in [3.8, 4) is 22.9 Å². The molecule has 36 heavy (non-hydrogen) atoms. The van der Waals surface area contributed by atoms with Gasteiger partial charge in [-0.2, -0.15) is 10.4 Å². The van der Waals surface area contributed by atoms with Crippen LogP contribution in [-0.4, -0.2) is 45.3 Å². The molecule has 1 N–H and O–H groups in total. The summed E-state index contributed by atoms with van der Waals surface area (Å²) in [6.07, 6.45) is 6.32. The van der Waals surface area contributed by atoms with E-state index in [0.29, 0.717) is 35.6 Å². The van der Waals surface area contributed by atoms with E-state index in [9.17, 15) is 9.65 Å². The van der Waals surface area contributed by atoms with Gasteiger partial charge in [0.25, 0.3) is 0 Å². The van der Waals surface area contributed by atoms with Crippen LogP contribution >= 0.6 is 0 Å². The lowest BCUT2D eigenvalue weighted by Crippen LogP contribution is -2.61. The van der Waals surface area contributed by atoms with Gasteiger partial charge in [-0.3, -0.25) is 0 Å². The van der Waals surface area contributed by atoms with Gasteiger partial charge in [0.2, 0.25) is 0 Å². The molecule has 4 aromatic heterocycles. The average Bonchev–Trinajstić information content (AvgIpc) is 3.32. The molecule has 0 amide bonds. The Morgan fingerprint density at radius 3 is 2.75 bits per heavy atom. The van der Waals surface area contributed by atoms with Crippen LogP contribution in [0.4, 0.5) is 16.0 Å². The van der Waals surface area contributed by atoms with E-state index in [2.05, 4.69) is 26.4 Å². The fraction of sp³-hybridized carbons (Fsp3) is 0.333. The molecule has 2 aliphatic heterocycles. The van der Waals surface area contributed by atoms with Crippen LogP contribution in [0.1, 0.15) is 24.6 Å². The summed E-state index contributed by atoms with van der Waals surface area (Å²) in [5.41, 5.74) is 3.79. The normalized spacial score (nSPS) is 20.6. The van der Waals surface area contributed by atoms with Crippen molar-refractivity contribution in [2.75, 3.05) is 29.9 Å². The van der Waals surface area contributed by atoms with E-state index in [0.717, 1.165) is 47.7 Å². The summed E-state index contributed by atoms with van der Waals surface area (Å²) in [6, 6.07) is 11.6. The summed E-state index contributed by atoms with van der Waals surface area (Å²) in [7, 11) is 0. The Bertz CT molecular complexity index is 1460. The highest BCUT2D eigenvalue weighted by Crippen LogP contribution is 2.43. The average molecular weight is 484 g/mol. The second kappa shape index (κ2) is 8.79. The Morgan fingerprint density at radius 2 is 2.03 bits per heavy atom. The summed E-state index contributed by atoms with van der Waals surface area (Å²) in [5, 5.41) is 17.2. The number of aromatic nitrogens is 4. The minimum Gasteiger partial charge on any atom is -0.492 e. The first-order valence-electron chi connectivity index (χ1n) is 12.2. The Balaban J connectivity index is 1.22. The maximum absolute atomic E-state index is 14.2. The number of halogens is 1. The van der Waals surface area contributed by atoms with Gasteiger partial charge in [-0.1, -0.05) is 0 Å². The monoisotopic (exact) mass is 483 g/mol. The third kappa shape index (κ3) is 3.79. The number of fused-ring (bicyclic) bond motifs is 3. The van der Waals surface area contributed by atoms with Gasteiger partial charge in [0.05, 0.1) is 30.1 Å². The van der Waals surface area contributed by atoms with E-state index in [1.54, 1.807) is 23.0 Å². The molecular formula is C27H26FN7O. The molecule has 0 unspecified atom stereocenters. The molecule has 1 saturated carbocycles. The number of hydrogen-bond donors (Lipinski definition) is 1. The van der Waals surface area contributed by atoms with Crippen molar-refractivity contribution in [1.29, 1.82) is 5.26 Å². The predicted octanol–water partition coefficient (Wildman–Crippen LogP) is 4.45. The van der Waals surface area contributed by atoms with Crippen LogP contribution in [0.15, 0.2) is 48.9 Å². The minimum absolute atomic E-state index is 0.227. The minimum atomic E-state index is -0.306. The van der Waals surface area contributed by atoms with Crippen LogP contribution < -0.4 is 15.0 Å². The van der Waals surface area contributed by atoms with Crippen LogP contribution in [0.3, 0.4) is 0 Å². The number of hydrogen-bond acceptors (Lipinski definition) is 7.